The van der Waals surface area contributed by atoms with Crippen molar-refractivity contribution in [3.05, 3.63) is 56.1 Å². The minimum atomic E-state index is -0.634. The van der Waals surface area contributed by atoms with Crippen LogP contribution in [0.25, 0.3) is 0 Å². The molecule has 0 unspecified atom stereocenters. The number of phenols is 1. The van der Waals surface area contributed by atoms with Gasteiger partial charge in [0.2, 0.25) is 5.75 Å². The lowest BCUT2D eigenvalue weighted by Crippen LogP contribution is -2.36. The summed E-state index contributed by atoms with van der Waals surface area (Å²) in [6, 6.07) is 7.65. The summed E-state index contributed by atoms with van der Waals surface area (Å²) in [6.45, 7) is 6.33. The summed E-state index contributed by atoms with van der Waals surface area (Å²) < 4.78 is 5.35. The number of morpholine rings is 1. The summed E-state index contributed by atoms with van der Waals surface area (Å²) >= 11 is 6.20. The number of nitro groups is 1. The Kier molecular flexibility index (Phi) is 5.62. The Hall–Kier alpha value is -2.64. The Balaban J connectivity index is 1.88. The third-order valence-corrected chi connectivity index (χ3v) is 5.22. The minimum Gasteiger partial charge on any atom is -0.502 e. The van der Waals surface area contributed by atoms with Gasteiger partial charge in [-0.25, -0.2) is 0 Å². The average molecular weight is 390 g/mol. The van der Waals surface area contributed by atoms with Crippen LogP contribution in [0.5, 0.6) is 5.75 Å². The summed E-state index contributed by atoms with van der Waals surface area (Å²) in [5, 5.41) is 21.8. The summed E-state index contributed by atoms with van der Waals surface area (Å²) in [4.78, 5) is 17.2. The maximum absolute atomic E-state index is 11.2. The Labute approximate surface area is 162 Å². The monoisotopic (exact) mass is 389 g/mol. The average Bonchev–Trinajstić information content (AvgIpc) is 2.67. The van der Waals surface area contributed by atoms with Crippen LogP contribution in [0.4, 0.5) is 17.1 Å². The van der Waals surface area contributed by atoms with Gasteiger partial charge in [-0.2, -0.15) is 0 Å². The quantitative estimate of drug-likeness (QED) is 0.482. The van der Waals surface area contributed by atoms with Crippen molar-refractivity contribution in [3.8, 4) is 5.75 Å². The van der Waals surface area contributed by atoms with Gasteiger partial charge in [-0.15, -0.1) is 0 Å². The number of halogens is 1. The number of phenolic OH excluding ortho intramolecular Hbond substituents is 1. The maximum Gasteiger partial charge on any atom is 0.315 e. The van der Waals surface area contributed by atoms with E-state index < -0.39 is 16.4 Å². The predicted octanol–water partition coefficient (Wildman–Crippen LogP) is 4.16. The lowest BCUT2D eigenvalue weighted by atomic mass is 10.0. The van der Waals surface area contributed by atoms with Gasteiger partial charge in [0.25, 0.3) is 0 Å². The molecule has 0 radical (unpaired) electrons. The smallest absolute Gasteiger partial charge is 0.315 e. The first-order valence-electron chi connectivity index (χ1n) is 8.53. The topological polar surface area (TPSA) is 88.2 Å². The van der Waals surface area contributed by atoms with E-state index >= 15 is 0 Å². The summed E-state index contributed by atoms with van der Waals surface area (Å²) in [6.07, 6.45) is 1.41. The molecule has 0 aliphatic carbocycles. The van der Waals surface area contributed by atoms with E-state index in [4.69, 9.17) is 16.3 Å². The number of hydrogen-bond donors (Lipinski definition) is 1. The highest BCUT2D eigenvalue weighted by Gasteiger charge is 2.25. The van der Waals surface area contributed by atoms with Crippen LogP contribution in [0.1, 0.15) is 16.7 Å². The van der Waals surface area contributed by atoms with Crippen molar-refractivity contribution in [2.75, 3.05) is 31.2 Å². The molecule has 0 bridgehead atoms. The molecule has 1 saturated heterocycles. The van der Waals surface area contributed by atoms with Gasteiger partial charge in [-0.1, -0.05) is 11.6 Å². The lowest BCUT2D eigenvalue weighted by molar-refractivity contribution is -0.386. The molecule has 0 aromatic heterocycles. The molecule has 1 N–H and O–H groups in total. The molecule has 27 heavy (non-hydrogen) atoms. The molecule has 2 aromatic rings. The molecule has 1 aliphatic heterocycles. The van der Waals surface area contributed by atoms with E-state index in [0.29, 0.717) is 24.5 Å². The molecule has 1 fully saturated rings. The number of benzene rings is 2. The van der Waals surface area contributed by atoms with Crippen molar-refractivity contribution < 1.29 is 14.8 Å². The summed E-state index contributed by atoms with van der Waals surface area (Å²) in [5.74, 6) is -0.423. The van der Waals surface area contributed by atoms with E-state index in [1.165, 1.54) is 13.1 Å². The number of hydrogen-bond acceptors (Lipinski definition) is 6. The first-order valence-corrected chi connectivity index (χ1v) is 8.90. The number of nitro benzene ring substituents is 1. The molecule has 142 valence electrons. The van der Waals surface area contributed by atoms with Crippen LogP contribution in [0.3, 0.4) is 0 Å². The van der Waals surface area contributed by atoms with Crippen molar-refractivity contribution >= 4 is 34.9 Å². The lowest BCUT2D eigenvalue weighted by Gasteiger charge is -2.28. The molecular formula is C19H20ClN3O4. The van der Waals surface area contributed by atoms with Crippen LogP contribution in [-0.4, -0.2) is 42.5 Å². The second-order valence-electron chi connectivity index (χ2n) is 6.31. The van der Waals surface area contributed by atoms with Crippen molar-refractivity contribution in [2.24, 2.45) is 4.99 Å². The Morgan fingerprint density at radius 3 is 2.44 bits per heavy atom. The molecule has 0 spiro atoms. The number of aromatic hydroxyl groups is 1. The number of nitrogens with zero attached hydrogens (tertiary/aromatic N) is 3. The molecule has 0 saturated carbocycles. The first-order chi connectivity index (χ1) is 12.9. The fraction of sp³-hybridized carbons (Fsp3) is 0.316. The van der Waals surface area contributed by atoms with E-state index in [-0.39, 0.29) is 16.1 Å². The highest BCUT2D eigenvalue weighted by Crippen LogP contribution is 2.40. The van der Waals surface area contributed by atoms with Crippen LogP contribution in [0.15, 0.2) is 29.3 Å². The zero-order valence-electron chi connectivity index (χ0n) is 15.1. The number of ether oxygens (including phenoxy) is 1. The van der Waals surface area contributed by atoms with Gasteiger partial charge in [0.05, 0.1) is 28.8 Å². The largest absolute Gasteiger partial charge is 0.502 e. The van der Waals surface area contributed by atoms with E-state index in [1.807, 2.05) is 24.3 Å². The predicted molar refractivity (Wildman–Crippen MR) is 106 cm³/mol. The maximum atomic E-state index is 11.2. The Bertz CT molecular complexity index is 891. The molecule has 0 atom stereocenters. The van der Waals surface area contributed by atoms with E-state index in [9.17, 15) is 15.2 Å². The second kappa shape index (κ2) is 7.94. The molecular weight excluding hydrogens is 370 g/mol. The number of anilines is 1. The number of aliphatic imine (C=N–C) groups is 1. The molecule has 3 rings (SSSR count). The molecule has 8 heteroatoms. The fourth-order valence-electron chi connectivity index (χ4n) is 3.08. The van der Waals surface area contributed by atoms with Gasteiger partial charge in [-0.05, 0) is 43.7 Å². The third kappa shape index (κ3) is 3.89. The van der Waals surface area contributed by atoms with Gasteiger partial charge >= 0.3 is 5.69 Å². The molecule has 1 aliphatic rings. The van der Waals surface area contributed by atoms with Crippen LogP contribution in [0.2, 0.25) is 5.02 Å². The van der Waals surface area contributed by atoms with Gasteiger partial charge < -0.3 is 14.7 Å². The van der Waals surface area contributed by atoms with Gasteiger partial charge in [0.15, 0.2) is 0 Å². The van der Waals surface area contributed by atoms with Crippen LogP contribution >= 0.6 is 11.6 Å². The molecule has 1 heterocycles. The van der Waals surface area contributed by atoms with Crippen molar-refractivity contribution in [2.45, 2.75) is 13.8 Å². The van der Waals surface area contributed by atoms with Gasteiger partial charge in [-0.3, -0.25) is 15.1 Å². The van der Waals surface area contributed by atoms with Crippen molar-refractivity contribution in [1.82, 2.24) is 0 Å². The van der Waals surface area contributed by atoms with E-state index in [2.05, 4.69) is 9.89 Å². The second-order valence-corrected chi connectivity index (χ2v) is 6.68. The van der Waals surface area contributed by atoms with E-state index in [0.717, 1.165) is 18.8 Å². The molecule has 7 nitrogen and oxygen atoms in total. The summed E-state index contributed by atoms with van der Waals surface area (Å²) in [7, 11) is 0. The normalized spacial score (nSPS) is 14.7. The Morgan fingerprint density at radius 2 is 1.85 bits per heavy atom. The van der Waals surface area contributed by atoms with Crippen LogP contribution in [-0.2, 0) is 4.74 Å². The van der Waals surface area contributed by atoms with Crippen LogP contribution < -0.4 is 4.90 Å². The zero-order chi connectivity index (χ0) is 19.6. The highest BCUT2D eigenvalue weighted by atomic mass is 35.5. The minimum absolute atomic E-state index is 0.240. The van der Waals surface area contributed by atoms with Gasteiger partial charge in [0, 0.05) is 36.1 Å². The molecule has 0 amide bonds. The standard InChI is InChI=1S/C19H20ClN3O4/c1-12-16(19(24)18(23(25)26)13(2)17(12)20)11-21-14-3-5-15(6-4-14)22-7-9-27-10-8-22/h3-6,11,24H,7-10H2,1-2H3. The van der Waals surface area contributed by atoms with Gasteiger partial charge in [0.1, 0.15) is 0 Å². The van der Waals surface area contributed by atoms with Crippen LogP contribution in [0, 0.1) is 24.0 Å². The summed E-state index contributed by atoms with van der Waals surface area (Å²) in [5.41, 5.74) is 2.40. The van der Waals surface area contributed by atoms with Crippen molar-refractivity contribution in [3.63, 3.8) is 0 Å². The fourth-order valence-corrected chi connectivity index (χ4v) is 3.27. The van der Waals surface area contributed by atoms with Crippen molar-refractivity contribution in [1.29, 1.82) is 0 Å². The first kappa shape index (κ1) is 19.1. The van der Waals surface area contributed by atoms with E-state index in [1.54, 1.807) is 6.92 Å². The highest BCUT2D eigenvalue weighted by molar-refractivity contribution is 6.33. The SMILES string of the molecule is Cc1c(Cl)c(C)c([N+](=O)[O-])c(O)c1C=Nc1ccc(N2CCOCC2)cc1. The third-order valence-electron chi connectivity index (χ3n) is 4.65. The number of rotatable bonds is 4. The zero-order valence-corrected chi connectivity index (χ0v) is 15.9. The molecule has 2 aromatic carbocycles. The Morgan fingerprint density at radius 1 is 1.22 bits per heavy atom.